The van der Waals surface area contributed by atoms with Crippen LogP contribution in [0.25, 0.3) is 5.69 Å². The van der Waals surface area contributed by atoms with Crippen molar-refractivity contribution >= 4 is 11.7 Å². The second-order valence-corrected chi connectivity index (χ2v) is 8.10. The highest BCUT2D eigenvalue weighted by Gasteiger charge is 2.47. The van der Waals surface area contributed by atoms with Crippen LogP contribution in [-0.4, -0.2) is 61.5 Å². The number of carbonyl (C=O) groups is 1. The zero-order valence-corrected chi connectivity index (χ0v) is 17.5. The first kappa shape index (κ1) is 21.2. The molecular weight excluding hydrogens is 439 g/mol. The summed E-state index contributed by atoms with van der Waals surface area (Å²) in [5, 5.41) is 11.5. The Morgan fingerprint density at radius 2 is 1.94 bits per heavy atom. The molecule has 1 saturated heterocycles. The maximum absolute atomic E-state index is 13.5. The minimum Gasteiger partial charge on any atom is -0.497 e. The molecule has 12 heteroatoms. The van der Waals surface area contributed by atoms with Crippen LogP contribution in [0.1, 0.15) is 28.9 Å². The number of carbonyl (C=O) groups excluding carboxylic acids is 1. The average Bonchev–Trinajstić information content (AvgIpc) is 3.55. The van der Waals surface area contributed by atoms with Gasteiger partial charge in [-0.25, -0.2) is 9.97 Å². The fourth-order valence-corrected chi connectivity index (χ4v) is 4.63. The molecular formula is C21H20F3N7O2. The van der Waals surface area contributed by atoms with Gasteiger partial charge in [-0.1, -0.05) is 0 Å². The van der Waals surface area contributed by atoms with Crippen LogP contribution in [-0.2, 0) is 6.18 Å². The van der Waals surface area contributed by atoms with Crippen LogP contribution in [0.4, 0.5) is 19.0 Å². The number of alkyl halides is 3. The molecule has 1 saturated carbocycles. The van der Waals surface area contributed by atoms with E-state index in [1.807, 2.05) is 0 Å². The molecule has 2 fully saturated rings. The molecule has 33 heavy (non-hydrogen) atoms. The van der Waals surface area contributed by atoms with Gasteiger partial charge >= 0.3 is 6.18 Å². The number of likely N-dealkylation sites (tertiary alicyclic amines) is 1. The van der Waals surface area contributed by atoms with Crippen molar-refractivity contribution in [2.75, 3.05) is 19.0 Å². The third-order valence-corrected chi connectivity index (χ3v) is 6.09. The Kier molecular flexibility index (Phi) is 5.14. The largest absolute Gasteiger partial charge is 0.497 e. The number of methoxy groups -OCH3 is 1. The van der Waals surface area contributed by atoms with E-state index in [-0.39, 0.29) is 23.8 Å². The van der Waals surface area contributed by atoms with Crippen LogP contribution in [0.5, 0.6) is 5.75 Å². The van der Waals surface area contributed by atoms with Gasteiger partial charge in [0.25, 0.3) is 5.91 Å². The van der Waals surface area contributed by atoms with Crippen LogP contribution in [0.2, 0.25) is 0 Å². The van der Waals surface area contributed by atoms with Crippen LogP contribution in [0.15, 0.2) is 43.0 Å². The number of nitrogens with zero attached hydrogens (tertiary/aromatic N) is 6. The Hall–Kier alpha value is -3.70. The number of hydrogen-bond acceptors (Lipinski definition) is 7. The molecule has 1 aromatic carbocycles. The number of nitrogens with one attached hydrogen (secondary N) is 1. The molecule has 0 unspecified atom stereocenters. The number of aromatic nitrogens is 5. The molecule has 1 aliphatic heterocycles. The molecule has 2 aromatic heterocycles. The minimum atomic E-state index is -4.54. The van der Waals surface area contributed by atoms with Crippen LogP contribution in [0.3, 0.4) is 0 Å². The Morgan fingerprint density at radius 3 is 2.58 bits per heavy atom. The number of piperidine rings is 1. The predicted molar refractivity (Wildman–Crippen MR) is 110 cm³/mol. The zero-order valence-electron chi connectivity index (χ0n) is 17.5. The van der Waals surface area contributed by atoms with Crippen LogP contribution in [0, 0.1) is 5.92 Å². The van der Waals surface area contributed by atoms with Gasteiger partial charge in [-0.3, -0.25) is 4.79 Å². The Bertz CT molecular complexity index is 1150. The fraction of sp³-hybridized carbons (Fsp3) is 0.381. The first-order valence-electron chi connectivity index (χ1n) is 10.3. The third-order valence-electron chi connectivity index (χ3n) is 6.09. The van der Waals surface area contributed by atoms with Gasteiger partial charge in [0.15, 0.2) is 5.69 Å². The fourth-order valence-electron chi connectivity index (χ4n) is 4.63. The first-order valence-corrected chi connectivity index (χ1v) is 10.3. The number of benzene rings is 1. The molecule has 0 spiro atoms. The predicted octanol–water partition coefficient (Wildman–Crippen LogP) is 2.80. The standard InChI is InChI=1S/C21H20F3N7O2/c1-33-13-2-3-14(16(8-13)31-27-4-5-28-31)20(32)30-11-12-6-15(17(30)7-12)29-19-10-25-18(9-26-19)21(22,23)24/h2-5,8-10,12,15,17H,6-7,11H2,1H3,(H,26,29)/t12-,15-,17+/m1/s1. The minimum absolute atomic E-state index is 0.118. The highest BCUT2D eigenvalue weighted by Crippen LogP contribution is 2.40. The Morgan fingerprint density at radius 1 is 1.15 bits per heavy atom. The van der Waals surface area contributed by atoms with Gasteiger partial charge < -0.3 is 15.0 Å². The summed E-state index contributed by atoms with van der Waals surface area (Å²) < 4.78 is 43.5. The molecule has 2 bridgehead atoms. The highest BCUT2D eigenvalue weighted by molar-refractivity contribution is 5.98. The second-order valence-electron chi connectivity index (χ2n) is 8.10. The lowest BCUT2D eigenvalue weighted by Gasteiger charge is -2.34. The molecule has 5 rings (SSSR count). The van der Waals surface area contributed by atoms with Crippen molar-refractivity contribution in [3.05, 3.63) is 54.2 Å². The lowest BCUT2D eigenvalue weighted by atomic mass is 10.0. The Labute approximate surface area is 186 Å². The number of anilines is 1. The summed E-state index contributed by atoms with van der Waals surface area (Å²) in [4.78, 5) is 24.0. The lowest BCUT2D eigenvalue weighted by Crippen LogP contribution is -2.48. The Balaban J connectivity index is 1.37. The summed E-state index contributed by atoms with van der Waals surface area (Å²) >= 11 is 0. The number of hydrogen-bond donors (Lipinski definition) is 1. The molecule has 0 radical (unpaired) electrons. The van der Waals surface area contributed by atoms with Crippen LogP contribution >= 0.6 is 0 Å². The van der Waals surface area contributed by atoms with Gasteiger partial charge in [-0.2, -0.15) is 28.2 Å². The number of amides is 1. The van der Waals surface area contributed by atoms with Crippen molar-refractivity contribution in [1.29, 1.82) is 0 Å². The third kappa shape index (κ3) is 3.96. The van der Waals surface area contributed by atoms with E-state index in [2.05, 4.69) is 25.5 Å². The van der Waals surface area contributed by atoms with Crippen molar-refractivity contribution in [1.82, 2.24) is 29.9 Å². The molecule has 1 N–H and O–H groups in total. The quantitative estimate of drug-likeness (QED) is 0.627. The van der Waals surface area contributed by atoms with Crippen molar-refractivity contribution in [2.24, 2.45) is 5.92 Å². The monoisotopic (exact) mass is 459 g/mol. The van der Waals surface area contributed by atoms with Crippen LogP contribution < -0.4 is 10.1 Å². The topological polar surface area (TPSA) is 98.1 Å². The van der Waals surface area contributed by atoms with E-state index in [4.69, 9.17) is 4.74 Å². The van der Waals surface area contributed by atoms with E-state index in [0.717, 1.165) is 19.0 Å². The smallest absolute Gasteiger partial charge is 0.434 e. The number of ether oxygens (including phenoxy) is 1. The first-order chi connectivity index (χ1) is 15.8. The summed E-state index contributed by atoms with van der Waals surface area (Å²) in [6.45, 7) is 0.609. The molecule has 172 valence electrons. The highest BCUT2D eigenvalue weighted by atomic mass is 19.4. The average molecular weight is 459 g/mol. The summed E-state index contributed by atoms with van der Waals surface area (Å²) in [5.74, 6) is 0.951. The summed E-state index contributed by atoms with van der Waals surface area (Å²) in [6, 6.07) is 4.85. The van der Waals surface area contributed by atoms with Crippen molar-refractivity contribution in [2.45, 2.75) is 31.1 Å². The molecule has 3 heterocycles. The SMILES string of the molecule is COc1ccc(C(=O)N2C[C@@H]3C[C@@H](Nc4cnc(C(F)(F)F)cn4)[C@@H]2C3)c(-n2nccn2)c1. The van der Waals surface area contributed by atoms with E-state index >= 15 is 0 Å². The lowest BCUT2D eigenvalue weighted by molar-refractivity contribution is -0.141. The second kappa shape index (κ2) is 8.01. The molecule has 3 aromatic rings. The van der Waals surface area contributed by atoms with Gasteiger partial charge in [-0.05, 0) is 30.9 Å². The van der Waals surface area contributed by atoms with Gasteiger partial charge in [0.05, 0.1) is 43.5 Å². The number of fused-ring (bicyclic) bond motifs is 2. The maximum Gasteiger partial charge on any atom is 0.434 e. The van der Waals surface area contributed by atoms with E-state index in [1.54, 1.807) is 23.1 Å². The maximum atomic E-state index is 13.5. The normalized spacial score (nSPS) is 21.9. The van der Waals surface area contributed by atoms with Gasteiger partial charge in [0.1, 0.15) is 17.3 Å². The van der Waals surface area contributed by atoms with Crippen molar-refractivity contribution < 1.29 is 22.7 Å². The van der Waals surface area contributed by atoms with Gasteiger partial charge in [-0.15, -0.1) is 0 Å². The van der Waals surface area contributed by atoms with Crippen molar-refractivity contribution in [3.63, 3.8) is 0 Å². The summed E-state index contributed by atoms with van der Waals surface area (Å²) in [7, 11) is 1.54. The molecule has 9 nitrogen and oxygen atoms in total. The van der Waals surface area contributed by atoms with E-state index < -0.39 is 11.9 Å². The number of halogens is 3. The number of rotatable bonds is 5. The molecule has 2 aliphatic rings. The summed E-state index contributed by atoms with van der Waals surface area (Å²) in [5.41, 5.74) is -0.102. The van der Waals surface area contributed by atoms with E-state index in [9.17, 15) is 18.0 Å². The van der Waals surface area contributed by atoms with Gasteiger partial charge in [0, 0.05) is 18.7 Å². The van der Waals surface area contributed by atoms with Crippen molar-refractivity contribution in [3.8, 4) is 11.4 Å². The van der Waals surface area contributed by atoms with E-state index in [1.165, 1.54) is 24.3 Å². The molecule has 1 aliphatic carbocycles. The molecule has 1 amide bonds. The van der Waals surface area contributed by atoms with E-state index in [0.29, 0.717) is 35.7 Å². The van der Waals surface area contributed by atoms with Gasteiger partial charge in [0.2, 0.25) is 0 Å². The summed E-state index contributed by atoms with van der Waals surface area (Å²) in [6.07, 6.45) is 1.90. The zero-order chi connectivity index (χ0) is 23.2. The molecule has 3 atom stereocenters.